The molecule has 0 saturated carbocycles. The molecule has 3 amide bonds. The molecule has 28 heavy (non-hydrogen) atoms. The van der Waals surface area contributed by atoms with E-state index in [4.69, 9.17) is 9.47 Å². The van der Waals surface area contributed by atoms with E-state index in [1.54, 1.807) is 18.2 Å². The van der Waals surface area contributed by atoms with Gasteiger partial charge in [0.15, 0.2) is 0 Å². The molecule has 0 aliphatic carbocycles. The quantitative estimate of drug-likeness (QED) is 0.627. The van der Waals surface area contributed by atoms with Crippen LogP contribution in [-0.4, -0.2) is 34.6 Å². The number of hydrogen-bond acceptors (Lipinski definition) is 6. The zero-order valence-corrected chi connectivity index (χ0v) is 16.2. The zero-order chi connectivity index (χ0) is 20.5. The molecule has 148 valence electrons. The minimum Gasteiger partial charge on any atom is -0.497 e. The van der Waals surface area contributed by atoms with Crippen molar-refractivity contribution < 1.29 is 27.5 Å². The third kappa shape index (κ3) is 3.46. The van der Waals surface area contributed by atoms with Crippen LogP contribution in [0.4, 0.5) is 10.5 Å². The lowest BCUT2D eigenvalue weighted by molar-refractivity contribution is -0.123. The summed E-state index contributed by atoms with van der Waals surface area (Å²) in [6.07, 6.45) is 0. The number of carbonyl (C=O) groups excluding carboxylic acids is 2. The summed E-state index contributed by atoms with van der Waals surface area (Å²) in [6.45, 7) is 1.53. The topological polar surface area (TPSA) is 123 Å². The Bertz CT molecular complexity index is 1050. The Labute approximate surface area is 162 Å². The highest BCUT2D eigenvalue weighted by atomic mass is 32.2. The number of urea groups is 1. The molecule has 9 nitrogen and oxygen atoms in total. The van der Waals surface area contributed by atoms with Crippen molar-refractivity contribution >= 4 is 27.6 Å². The number of carbonyl (C=O) groups is 2. The fourth-order valence-corrected chi connectivity index (χ4v) is 4.08. The summed E-state index contributed by atoms with van der Waals surface area (Å²) in [5.41, 5.74) is -0.655. The normalized spacial score (nSPS) is 19.0. The van der Waals surface area contributed by atoms with Crippen molar-refractivity contribution in [2.75, 3.05) is 18.9 Å². The van der Waals surface area contributed by atoms with Crippen LogP contribution < -0.4 is 24.8 Å². The van der Waals surface area contributed by atoms with E-state index in [1.807, 2.05) is 0 Å². The average Bonchev–Trinajstić information content (AvgIpc) is 2.93. The summed E-state index contributed by atoms with van der Waals surface area (Å²) < 4.78 is 38.5. The predicted octanol–water partition coefficient (Wildman–Crippen LogP) is 1.56. The maximum absolute atomic E-state index is 12.9. The number of methoxy groups -OCH3 is 2. The van der Waals surface area contributed by atoms with E-state index >= 15 is 0 Å². The number of ether oxygens (including phenoxy) is 2. The first-order valence-corrected chi connectivity index (χ1v) is 9.67. The van der Waals surface area contributed by atoms with Crippen molar-refractivity contribution in [3.63, 3.8) is 0 Å². The van der Waals surface area contributed by atoms with Gasteiger partial charge in [-0.2, -0.15) is 0 Å². The van der Waals surface area contributed by atoms with Crippen LogP contribution in [0.2, 0.25) is 0 Å². The second-order valence-corrected chi connectivity index (χ2v) is 7.89. The Balaban J connectivity index is 1.96. The zero-order valence-electron chi connectivity index (χ0n) is 15.4. The van der Waals surface area contributed by atoms with Crippen molar-refractivity contribution in [3.8, 4) is 11.5 Å². The molecule has 1 saturated heterocycles. The number of rotatable bonds is 6. The minimum absolute atomic E-state index is 0.0992. The number of nitrogens with one attached hydrogen (secondary N) is 3. The van der Waals surface area contributed by atoms with Crippen LogP contribution in [-0.2, 0) is 20.4 Å². The van der Waals surface area contributed by atoms with E-state index in [-0.39, 0.29) is 16.3 Å². The number of benzene rings is 2. The highest BCUT2D eigenvalue weighted by Gasteiger charge is 2.43. The first kappa shape index (κ1) is 19.5. The van der Waals surface area contributed by atoms with Crippen LogP contribution in [0.1, 0.15) is 12.5 Å². The van der Waals surface area contributed by atoms with Gasteiger partial charge in [-0.25, -0.2) is 13.2 Å². The molecule has 3 rings (SSSR count). The van der Waals surface area contributed by atoms with Gasteiger partial charge in [0, 0.05) is 11.8 Å². The number of anilines is 1. The van der Waals surface area contributed by atoms with E-state index in [2.05, 4.69) is 15.4 Å². The summed E-state index contributed by atoms with van der Waals surface area (Å²) >= 11 is 0. The van der Waals surface area contributed by atoms with Gasteiger partial charge in [-0.15, -0.1) is 0 Å². The van der Waals surface area contributed by atoms with Gasteiger partial charge in [-0.3, -0.25) is 14.8 Å². The van der Waals surface area contributed by atoms with Crippen LogP contribution in [0, 0.1) is 0 Å². The molecule has 2 aromatic carbocycles. The number of amides is 3. The Morgan fingerprint density at radius 1 is 1.04 bits per heavy atom. The van der Waals surface area contributed by atoms with E-state index in [0.717, 1.165) is 0 Å². The van der Waals surface area contributed by atoms with Crippen LogP contribution in [0.15, 0.2) is 47.4 Å². The van der Waals surface area contributed by atoms with Crippen molar-refractivity contribution in [2.24, 2.45) is 0 Å². The number of sulfonamides is 1. The van der Waals surface area contributed by atoms with Crippen LogP contribution >= 0.6 is 0 Å². The van der Waals surface area contributed by atoms with Gasteiger partial charge in [0.05, 0.1) is 14.2 Å². The SMILES string of the molecule is COc1ccc(OC)c(S(=O)(=O)Nc2cccc(C3(C)NC(=O)NC3=O)c2)c1. The monoisotopic (exact) mass is 405 g/mol. The molecule has 10 heteroatoms. The summed E-state index contributed by atoms with van der Waals surface area (Å²) in [7, 11) is -1.22. The lowest BCUT2D eigenvalue weighted by Gasteiger charge is -2.22. The fraction of sp³-hybridized carbons (Fsp3) is 0.222. The molecule has 2 aromatic rings. The van der Waals surface area contributed by atoms with Gasteiger partial charge in [-0.05, 0) is 36.8 Å². The third-order valence-electron chi connectivity index (χ3n) is 4.40. The van der Waals surface area contributed by atoms with E-state index < -0.39 is 27.5 Å². The Morgan fingerprint density at radius 2 is 1.79 bits per heavy atom. The largest absolute Gasteiger partial charge is 0.497 e. The van der Waals surface area contributed by atoms with Gasteiger partial charge in [-0.1, -0.05) is 12.1 Å². The lowest BCUT2D eigenvalue weighted by Crippen LogP contribution is -2.40. The van der Waals surface area contributed by atoms with Crippen molar-refractivity contribution in [1.82, 2.24) is 10.6 Å². The highest BCUT2D eigenvalue weighted by molar-refractivity contribution is 7.92. The lowest BCUT2D eigenvalue weighted by atomic mass is 9.92. The molecule has 1 aliphatic heterocycles. The molecule has 1 heterocycles. The summed E-state index contributed by atoms with van der Waals surface area (Å²) in [4.78, 5) is 23.5. The maximum atomic E-state index is 12.9. The molecule has 1 fully saturated rings. The van der Waals surface area contributed by atoms with Gasteiger partial charge in [0.25, 0.3) is 15.9 Å². The van der Waals surface area contributed by atoms with Crippen LogP contribution in [0.3, 0.4) is 0 Å². The van der Waals surface area contributed by atoms with E-state index in [1.165, 1.54) is 45.4 Å². The van der Waals surface area contributed by atoms with Gasteiger partial charge < -0.3 is 14.8 Å². The predicted molar refractivity (Wildman–Crippen MR) is 101 cm³/mol. The Hall–Kier alpha value is -3.27. The Morgan fingerprint density at radius 3 is 2.39 bits per heavy atom. The summed E-state index contributed by atoms with van der Waals surface area (Å²) in [5.74, 6) is -0.0152. The van der Waals surface area contributed by atoms with Gasteiger partial charge in [0.1, 0.15) is 21.9 Å². The third-order valence-corrected chi connectivity index (χ3v) is 5.80. The first-order chi connectivity index (χ1) is 13.2. The fourth-order valence-electron chi connectivity index (χ4n) is 2.84. The molecule has 1 atom stereocenters. The maximum Gasteiger partial charge on any atom is 0.322 e. The van der Waals surface area contributed by atoms with Crippen LogP contribution in [0.25, 0.3) is 0 Å². The van der Waals surface area contributed by atoms with Gasteiger partial charge in [0.2, 0.25) is 0 Å². The molecule has 3 N–H and O–H groups in total. The number of hydrogen-bond donors (Lipinski definition) is 3. The van der Waals surface area contributed by atoms with Crippen molar-refractivity contribution in [2.45, 2.75) is 17.4 Å². The highest BCUT2D eigenvalue weighted by Crippen LogP contribution is 2.31. The summed E-state index contributed by atoms with van der Waals surface area (Å²) in [5, 5.41) is 4.71. The van der Waals surface area contributed by atoms with Gasteiger partial charge >= 0.3 is 6.03 Å². The van der Waals surface area contributed by atoms with Crippen molar-refractivity contribution in [1.29, 1.82) is 0 Å². The molecular weight excluding hydrogens is 386 g/mol. The molecule has 0 aromatic heterocycles. The Kier molecular flexibility index (Phi) is 4.90. The number of imide groups is 1. The summed E-state index contributed by atoms with van der Waals surface area (Å²) in [6, 6.07) is 10.0. The first-order valence-electron chi connectivity index (χ1n) is 8.18. The molecule has 0 bridgehead atoms. The molecule has 0 spiro atoms. The molecule has 0 radical (unpaired) electrons. The second-order valence-electron chi connectivity index (χ2n) is 6.24. The minimum atomic E-state index is -4.02. The van der Waals surface area contributed by atoms with Crippen LogP contribution in [0.5, 0.6) is 11.5 Å². The standard InChI is InChI=1S/C18H19N3O6S/c1-18(16(22)19-17(23)20-18)11-5-4-6-12(9-11)21-28(24,25)15-10-13(26-2)7-8-14(15)27-3/h4-10,21H,1-3H3,(H2,19,20,22,23). The molecule has 1 aliphatic rings. The molecule has 1 unspecified atom stereocenters. The van der Waals surface area contributed by atoms with E-state index in [9.17, 15) is 18.0 Å². The van der Waals surface area contributed by atoms with E-state index in [0.29, 0.717) is 11.3 Å². The smallest absolute Gasteiger partial charge is 0.322 e. The second kappa shape index (κ2) is 7.04. The van der Waals surface area contributed by atoms with Crippen molar-refractivity contribution in [3.05, 3.63) is 48.0 Å². The average molecular weight is 405 g/mol. The molecular formula is C18H19N3O6S.